The molecule has 1 aromatic rings. The van der Waals surface area contributed by atoms with E-state index in [0.717, 1.165) is 5.56 Å². The van der Waals surface area contributed by atoms with Gasteiger partial charge >= 0.3 is 0 Å². The molecule has 1 nitrogen and oxygen atoms in total. The molecule has 0 aliphatic carbocycles. The number of allylic oxidation sites excluding steroid dienone is 1. The van der Waals surface area contributed by atoms with Crippen LogP contribution in [-0.4, -0.2) is 11.7 Å². The van der Waals surface area contributed by atoms with Gasteiger partial charge in [-0.15, -0.1) is 11.6 Å². The Kier molecular flexibility index (Phi) is 4.10. The average Bonchev–Trinajstić information content (AvgIpc) is 2.15. The molecule has 2 heteroatoms. The summed E-state index contributed by atoms with van der Waals surface area (Å²) in [6.07, 6.45) is 3.38. The molecule has 80 valence electrons. The lowest BCUT2D eigenvalue weighted by molar-refractivity contribution is -0.112. The summed E-state index contributed by atoms with van der Waals surface area (Å²) in [6.45, 7) is 6.16. The number of hydrogen-bond acceptors (Lipinski definition) is 1. The van der Waals surface area contributed by atoms with Gasteiger partial charge in [0.1, 0.15) is 0 Å². The molecule has 0 bridgehead atoms. The Morgan fingerprint density at radius 1 is 1.27 bits per heavy atom. The van der Waals surface area contributed by atoms with E-state index >= 15 is 0 Å². The van der Waals surface area contributed by atoms with Crippen LogP contribution in [0.5, 0.6) is 0 Å². The molecule has 0 aromatic heterocycles. The minimum Gasteiger partial charge on any atom is -0.294 e. The lowest BCUT2D eigenvalue weighted by Gasteiger charge is -2.06. The van der Waals surface area contributed by atoms with Crippen LogP contribution < -0.4 is 0 Å². The van der Waals surface area contributed by atoms with Crippen molar-refractivity contribution in [3.8, 4) is 0 Å². The maximum absolute atomic E-state index is 11.1. The lowest BCUT2D eigenvalue weighted by Crippen LogP contribution is -1.94. The number of alkyl halides is 1. The van der Waals surface area contributed by atoms with Gasteiger partial charge in [0.2, 0.25) is 0 Å². The van der Waals surface area contributed by atoms with Crippen molar-refractivity contribution < 1.29 is 4.79 Å². The minimum absolute atomic E-state index is 0.0421. The summed E-state index contributed by atoms with van der Waals surface area (Å²) in [4.78, 5) is 11.1. The van der Waals surface area contributed by atoms with Gasteiger partial charge in [0.05, 0.1) is 5.88 Å². The lowest BCUT2D eigenvalue weighted by atomic mass is 9.99. The molecule has 0 radical (unpaired) electrons. The van der Waals surface area contributed by atoms with Crippen molar-refractivity contribution in [2.24, 2.45) is 0 Å². The van der Waals surface area contributed by atoms with E-state index in [1.807, 2.05) is 19.9 Å². The Morgan fingerprint density at radius 2 is 1.80 bits per heavy atom. The van der Waals surface area contributed by atoms with Gasteiger partial charge in [-0.25, -0.2) is 0 Å². The maximum atomic E-state index is 11.1. The van der Waals surface area contributed by atoms with Gasteiger partial charge in [-0.1, -0.05) is 23.8 Å². The summed E-state index contributed by atoms with van der Waals surface area (Å²) in [5.74, 6) is -0.0171. The molecule has 0 unspecified atom stereocenters. The van der Waals surface area contributed by atoms with Crippen LogP contribution in [0.25, 0.3) is 6.08 Å². The zero-order valence-corrected chi connectivity index (χ0v) is 10.1. The largest absolute Gasteiger partial charge is 0.294 e. The van der Waals surface area contributed by atoms with Crippen molar-refractivity contribution in [3.05, 3.63) is 40.5 Å². The summed E-state index contributed by atoms with van der Waals surface area (Å²) in [6, 6.07) is 4.22. The second-order valence-corrected chi connectivity index (χ2v) is 4.01. The van der Waals surface area contributed by atoms with Crippen molar-refractivity contribution in [3.63, 3.8) is 0 Å². The van der Waals surface area contributed by atoms with E-state index < -0.39 is 0 Å². The normalized spacial score (nSPS) is 10.9. The van der Waals surface area contributed by atoms with Crippen molar-refractivity contribution in [1.29, 1.82) is 0 Å². The molecule has 0 N–H and O–H groups in total. The molecule has 0 aliphatic heterocycles. The number of ketones is 1. The first kappa shape index (κ1) is 12.0. The molecule has 0 spiro atoms. The monoisotopic (exact) mass is 222 g/mol. The SMILES string of the molecule is Cc1cc(C)c(/C=C/C(=O)CCl)c(C)c1. The number of hydrogen-bond donors (Lipinski definition) is 0. The minimum atomic E-state index is -0.0592. The van der Waals surface area contributed by atoms with Gasteiger partial charge in [0, 0.05) is 0 Å². The molecule has 0 amide bonds. The van der Waals surface area contributed by atoms with Crippen molar-refractivity contribution >= 4 is 23.5 Å². The Labute approximate surface area is 95.8 Å². The zero-order chi connectivity index (χ0) is 11.4. The van der Waals surface area contributed by atoms with Crippen molar-refractivity contribution in [2.45, 2.75) is 20.8 Å². The second-order valence-electron chi connectivity index (χ2n) is 3.75. The Morgan fingerprint density at radius 3 is 2.27 bits per heavy atom. The van der Waals surface area contributed by atoms with Crippen LogP contribution in [0.3, 0.4) is 0 Å². The quantitative estimate of drug-likeness (QED) is 0.566. The average molecular weight is 223 g/mol. The molecular weight excluding hydrogens is 208 g/mol. The van der Waals surface area contributed by atoms with Crippen molar-refractivity contribution in [2.75, 3.05) is 5.88 Å². The summed E-state index contributed by atoms with van der Waals surface area (Å²) in [5, 5.41) is 0. The summed E-state index contributed by atoms with van der Waals surface area (Å²) in [7, 11) is 0. The van der Waals surface area contributed by atoms with E-state index in [0.29, 0.717) is 0 Å². The van der Waals surface area contributed by atoms with E-state index in [1.54, 1.807) is 0 Å². The fourth-order valence-corrected chi connectivity index (χ4v) is 1.76. The highest BCUT2D eigenvalue weighted by Gasteiger charge is 2.00. The summed E-state index contributed by atoms with van der Waals surface area (Å²) in [5.41, 5.74) is 4.72. The molecule has 15 heavy (non-hydrogen) atoms. The maximum Gasteiger partial charge on any atom is 0.170 e. The first-order chi connectivity index (χ1) is 7.04. The molecule has 1 rings (SSSR count). The van der Waals surface area contributed by atoms with Gasteiger partial charge in [-0.05, 0) is 43.5 Å². The van der Waals surface area contributed by atoms with E-state index in [4.69, 9.17) is 11.6 Å². The van der Waals surface area contributed by atoms with Crippen LogP contribution in [0.15, 0.2) is 18.2 Å². The summed E-state index contributed by atoms with van der Waals surface area (Å²) >= 11 is 5.42. The van der Waals surface area contributed by atoms with Crippen LogP contribution in [0, 0.1) is 20.8 Å². The predicted molar refractivity (Wildman–Crippen MR) is 65.4 cm³/mol. The molecule has 0 saturated carbocycles. The highest BCUT2D eigenvalue weighted by atomic mass is 35.5. The van der Waals surface area contributed by atoms with E-state index in [-0.39, 0.29) is 11.7 Å². The van der Waals surface area contributed by atoms with Gasteiger partial charge in [-0.2, -0.15) is 0 Å². The van der Waals surface area contributed by atoms with Crippen LogP contribution in [0.1, 0.15) is 22.3 Å². The third kappa shape index (κ3) is 3.21. The molecule has 1 aromatic carbocycles. The third-order valence-electron chi connectivity index (χ3n) is 2.31. The number of carbonyl (C=O) groups is 1. The molecular formula is C13H15ClO. The predicted octanol–water partition coefficient (Wildman–Crippen LogP) is 3.43. The standard InChI is InChI=1S/C13H15ClO/c1-9-6-10(2)13(11(3)7-9)5-4-12(15)8-14/h4-7H,8H2,1-3H3/b5-4+. The molecule has 0 heterocycles. The highest BCUT2D eigenvalue weighted by molar-refractivity contribution is 6.29. The molecule has 0 aliphatic rings. The first-order valence-corrected chi connectivity index (χ1v) is 5.42. The number of carbonyl (C=O) groups excluding carboxylic acids is 1. The Hall–Kier alpha value is -1.08. The fourth-order valence-electron chi connectivity index (χ4n) is 1.67. The molecule has 0 saturated heterocycles. The van der Waals surface area contributed by atoms with Crippen molar-refractivity contribution in [1.82, 2.24) is 0 Å². The summed E-state index contributed by atoms with van der Waals surface area (Å²) < 4.78 is 0. The van der Waals surface area contributed by atoms with Gasteiger partial charge in [0.25, 0.3) is 0 Å². The van der Waals surface area contributed by atoms with Gasteiger partial charge in [0.15, 0.2) is 5.78 Å². The van der Waals surface area contributed by atoms with E-state index in [9.17, 15) is 4.79 Å². The molecule has 0 atom stereocenters. The van der Waals surface area contributed by atoms with Crippen LogP contribution in [-0.2, 0) is 4.79 Å². The zero-order valence-electron chi connectivity index (χ0n) is 9.30. The highest BCUT2D eigenvalue weighted by Crippen LogP contribution is 2.17. The topological polar surface area (TPSA) is 17.1 Å². The Balaban J connectivity index is 3.05. The van der Waals surface area contributed by atoms with Gasteiger partial charge < -0.3 is 0 Å². The molecule has 0 fully saturated rings. The number of aryl methyl sites for hydroxylation is 3. The van der Waals surface area contributed by atoms with Crippen LogP contribution in [0.4, 0.5) is 0 Å². The van der Waals surface area contributed by atoms with Crippen LogP contribution >= 0.6 is 11.6 Å². The third-order valence-corrected chi connectivity index (χ3v) is 2.57. The van der Waals surface area contributed by atoms with E-state index in [2.05, 4.69) is 19.1 Å². The fraction of sp³-hybridized carbons (Fsp3) is 0.308. The van der Waals surface area contributed by atoms with E-state index in [1.165, 1.54) is 22.8 Å². The van der Waals surface area contributed by atoms with Gasteiger partial charge in [-0.3, -0.25) is 4.79 Å². The number of rotatable bonds is 3. The van der Waals surface area contributed by atoms with Crippen LogP contribution in [0.2, 0.25) is 0 Å². The first-order valence-electron chi connectivity index (χ1n) is 4.89. The number of benzene rings is 1. The second kappa shape index (κ2) is 5.13. The number of halogens is 1. The Bertz CT molecular complexity index is 382. The smallest absolute Gasteiger partial charge is 0.170 e.